The third-order valence-corrected chi connectivity index (χ3v) is 1.82. The molecule has 0 unspecified atom stereocenters. The number of carbonyl (C=O) groups excluding carboxylic acids is 1. The predicted molar refractivity (Wildman–Crippen MR) is 53.0 cm³/mol. The van der Waals surface area contributed by atoms with Crippen LogP contribution in [0.4, 0.5) is 0 Å². The molecule has 0 radical (unpaired) electrons. The Kier molecular flexibility index (Phi) is 7.07. The largest absolute Gasteiger partial charge is 0.466 e. The van der Waals surface area contributed by atoms with Crippen LogP contribution in [0.15, 0.2) is 11.8 Å². The molecular formula is C10H19NO2. The van der Waals surface area contributed by atoms with Gasteiger partial charge in [-0.25, -0.2) is 4.79 Å². The first-order valence-corrected chi connectivity index (χ1v) is 4.74. The van der Waals surface area contributed by atoms with Crippen molar-refractivity contribution >= 4 is 5.97 Å². The molecule has 0 aromatic heterocycles. The van der Waals surface area contributed by atoms with Gasteiger partial charge in [0.25, 0.3) is 0 Å². The van der Waals surface area contributed by atoms with Crippen LogP contribution < -0.4 is 5.73 Å². The molecule has 0 saturated heterocycles. The Hall–Kier alpha value is -0.990. The molecule has 0 aliphatic heterocycles. The van der Waals surface area contributed by atoms with Crippen molar-refractivity contribution < 1.29 is 9.53 Å². The van der Waals surface area contributed by atoms with E-state index in [1.54, 1.807) is 0 Å². The average Bonchev–Trinajstić information content (AvgIpc) is 2.12. The number of hydrogen-bond donors (Lipinski definition) is 1. The number of methoxy groups -OCH3 is 1. The number of esters is 1. The number of carbonyl (C=O) groups is 1. The molecule has 0 aromatic carbocycles. The summed E-state index contributed by atoms with van der Waals surface area (Å²) < 4.78 is 4.45. The van der Waals surface area contributed by atoms with Gasteiger partial charge in [0.15, 0.2) is 0 Å². The van der Waals surface area contributed by atoms with Gasteiger partial charge >= 0.3 is 5.97 Å². The summed E-state index contributed by atoms with van der Waals surface area (Å²) in [5.41, 5.74) is 6.21. The van der Waals surface area contributed by atoms with Gasteiger partial charge in [-0.2, -0.15) is 0 Å². The fourth-order valence-electron chi connectivity index (χ4n) is 1.04. The fourth-order valence-corrected chi connectivity index (χ4v) is 1.04. The summed E-state index contributed by atoms with van der Waals surface area (Å²) in [5, 5.41) is 0. The van der Waals surface area contributed by atoms with Gasteiger partial charge in [-0.15, -0.1) is 0 Å². The van der Waals surface area contributed by atoms with Crippen LogP contribution in [0.3, 0.4) is 0 Å². The highest BCUT2D eigenvalue weighted by Gasteiger charge is 1.97. The van der Waals surface area contributed by atoms with Gasteiger partial charge in [0.1, 0.15) is 0 Å². The smallest absolute Gasteiger partial charge is 0.332 e. The first-order chi connectivity index (χ1) is 6.20. The molecular weight excluding hydrogens is 166 g/mol. The predicted octanol–water partition coefficient (Wildman–Crippen LogP) is 1.97. The third-order valence-electron chi connectivity index (χ3n) is 1.82. The number of unbranched alkanes of at least 4 members (excludes halogenated alkanes) is 3. The van der Waals surface area contributed by atoms with Gasteiger partial charge in [-0.05, 0) is 12.8 Å². The van der Waals surface area contributed by atoms with Crippen molar-refractivity contribution in [3.63, 3.8) is 0 Å². The summed E-state index contributed by atoms with van der Waals surface area (Å²) in [6.45, 7) is 2.16. The molecule has 0 aromatic rings. The quantitative estimate of drug-likeness (QED) is 0.391. The van der Waals surface area contributed by atoms with Crippen molar-refractivity contribution in [2.45, 2.75) is 39.0 Å². The molecule has 3 heteroatoms. The zero-order valence-electron chi connectivity index (χ0n) is 8.51. The second kappa shape index (κ2) is 7.65. The lowest BCUT2D eigenvalue weighted by Gasteiger charge is -2.00. The Labute approximate surface area is 79.9 Å². The highest BCUT2D eigenvalue weighted by atomic mass is 16.5. The minimum absolute atomic E-state index is 0.368. The maximum Gasteiger partial charge on any atom is 0.332 e. The topological polar surface area (TPSA) is 52.3 Å². The summed E-state index contributed by atoms with van der Waals surface area (Å²) in [7, 11) is 1.35. The number of nitrogens with two attached hydrogens (primary N) is 1. The number of allylic oxidation sites excluding steroid dienone is 1. The van der Waals surface area contributed by atoms with Gasteiger partial charge < -0.3 is 10.5 Å². The first kappa shape index (κ1) is 12.0. The van der Waals surface area contributed by atoms with E-state index in [4.69, 9.17) is 5.73 Å². The van der Waals surface area contributed by atoms with E-state index in [-0.39, 0.29) is 5.97 Å². The molecule has 76 valence electrons. The summed E-state index contributed by atoms with van der Waals surface area (Å²) in [4.78, 5) is 10.7. The summed E-state index contributed by atoms with van der Waals surface area (Å²) in [6, 6.07) is 0. The lowest BCUT2D eigenvalue weighted by atomic mass is 10.1. The number of rotatable bonds is 6. The van der Waals surface area contributed by atoms with Gasteiger partial charge in [-0.3, -0.25) is 0 Å². The minimum atomic E-state index is -0.368. The molecule has 0 rings (SSSR count). The Morgan fingerprint density at radius 3 is 2.62 bits per heavy atom. The molecule has 0 bridgehead atoms. The molecule has 0 atom stereocenters. The highest BCUT2D eigenvalue weighted by Crippen LogP contribution is 2.06. The number of hydrogen-bond acceptors (Lipinski definition) is 3. The van der Waals surface area contributed by atoms with Crippen LogP contribution in [0.25, 0.3) is 0 Å². The molecule has 0 fully saturated rings. The molecule has 13 heavy (non-hydrogen) atoms. The van der Waals surface area contributed by atoms with E-state index in [1.165, 1.54) is 32.4 Å². The Balaban J connectivity index is 3.55. The van der Waals surface area contributed by atoms with Crippen molar-refractivity contribution in [3.8, 4) is 0 Å². The first-order valence-electron chi connectivity index (χ1n) is 4.74. The molecule has 3 nitrogen and oxygen atoms in total. The fraction of sp³-hybridized carbons (Fsp3) is 0.700. The van der Waals surface area contributed by atoms with Crippen molar-refractivity contribution in [1.82, 2.24) is 0 Å². The van der Waals surface area contributed by atoms with Gasteiger partial charge in [0.05, 0.1) is 7.11 Å². The third kappa shape index (κ3) is 7.37. The second-order valence-electron chi connectivity index (χ2n) is 3.05. The monoisotopic (exact) mass is 185 g/mol. The lowest BCUT2D eigenvalue weighted by molar-refractivity contribution is -0.134. The van der Waals surface area contributed by atoms with E-state index >= 15 is 0 Å². The molecule has 0 aliphatic rings. The van der Waals surface area contributed by atoms with Crippen LogP contribution in [-0.2, 0) is 9.53 Å². The van der Waals surface area contributed by atoms with Gasteiger partial charge in [0, 0.05) is 11.8 Å². The zero-order valence-corrected chi connectivity index (χ0v) is 8.51. The van der Waals surface area contributed by atoms with Crippen LogP contribution in [0.1, 0.15) is 39.0 Å². The van der Waals surface area contributed by atoms with Gasteiger partial charge in [-0.1, -0.05) is 26.2 Å². The van der Waals surface area contributed by atoms with Crippen molar-refractivity contribution in [1.29, 1.82) is 0 Å². The van der Waals surface area contributed by atoms with E-state index < -0.39 is 0 Å². The highest BCUT2D eigenvalue weighted by molar-refractivity contribution is 5.82. The molecule has 0 amide bonds. The van der Waals surface area contributed by atoms with Crippen LogP contribution in [0.5, 0.6) is 0 Å². The number of ether oxygens (including phenoxy) is 1. The SMILES string of the molecule is CCCCCC/C(N)=C/C(=O)OC. The summed E-state index contributed by atoms with van der Waals surface area (Å²) in [5.74, 6) is -0.368. The van der Waals surface area contributed by atoms with Crippen LogP contribution in [-0.4, -0.2) is 13.1 Å². The second-order valence-corrected chi connectivity index (χ2v) is 3.05. The van der Waals surface area contributed by atoms with Crippen molar-refractivity contribution in [2.24, 2.45) is 5.73 Å². The van der Waals surface area contributed by atoms with E-state index in [0.717, 1.165) is 12.8 Å². The minimum Gasteiger partial charge on any atom is -0.466 e. The molecule has 0 aliphatic carbocycles. The average molecular weight is 185 g/mol. The molecule has 2 N–H and O–H groups in total. The summed E-state index contributed by atoms with van der Waals surface area (Å²) >= 11 is 0. The Bertz CT molecular complexity index is 176. The van der Waals surface area contributed by atoms with Crippen molar-refractivity contribution in [3.05, 3.63) is 11.8 Å². The lowest BCUT2D eigenvalue weighted by Crippen LogP contribution is -2.03. The van der Waals surface area contributed by atoms with Crippen LogP contribution in [0.2, 0.25) is 0 Å². The molecule has 0 heterocycles. The van der Waals surface area contributed by atoms with Crippen LogP contribution >= 0.6 is 0 Å². The Morgan fingerprint density at radius 2 is 2.08 bits per heavy atom. The standard InChI is InChI=1S/C10H19NO2/c1-3-4-5-6-7-9(11)8-10(12)13-2/h8H,3-7,11H2,1-2H3/b9-8-. The van der Waals surface area contributed by atoms with Crippen molar-refractivity contribution in [2.75, 3.05) is 7.11 Å². The normalized spacial score (nSPS) is 11.4. The zero-order chi connectivity index (χ0) is 10.1. The molecule has 0 spiro atoms. The van der Waals surface area contributed by atoms with E-state index in [0.29, 0.717) is 5.70 Å². The molecule has 0 saturated carbocycles. The maximum atomic E-state index is 10.7. The van der Waals surface area contributed by atoms with Crippen LogP contribution in [0, 0.1) is 0 Å². The Morgan fingerprint density at radius 1 is 1.38 bits per heavy atom. The van der Waals surface area contributed by atoms with E-state index in [9.17, 15) is 4.79 Å². The van der Waals surface area contributed by atoms with Gasteiger partial charge in [0.2, 0.25) is 0 Å². The van der Waals surface area contributed by atoms with E-state index in [1.807, 2.05) is 0 Å². The maximum absolute atomic E-state index is 10.7. The van der Waals surface area contributed by atoms with E-state index in [2.05, 4.69) is 11.7 Å². The summed E-state index contributed by atoms with van der Waals surface area (Å²) in [6.07, 6.45) is 6.80.